The minimum atomic E-state index is 1.27. The molecular weight excluding hydrogens is 376 g/mol. The average Bonchev–Trinajstić information content (AvgIpc) is 2.72. The molecule has 0 heterocycles. The van der Waals surface area contributed by atoms with Gasteiger partial charge in [0.1, 0.15) is 0 Å². The van der Waals surface area contributed by atoms with Crippen LogP contribution in [0.1, 0.15) is 11.1 Å². The van der Waals surface area contributed by atoms with Gasteiger partial charge in [-0.1, -0.05) is 95.3 Å². The van der Waals surface area contributed by atoms with E-state index in [2.05, 4.69) is 111 Å². The summed E-state index contributed by atoms with van der Waals surface area (Å²) in [5.41, 5.74) is 5.14. The molecule has 0 aromatic heterocycles. The lowest BCUT2D eigenvalue weighted by atomic mass is 10.1. The van der Waals surface area contributed by atoms with Crippen molar-refractivity contribution in [2.75, 3.05) is 0 Å². The largest absolute Gasteiger partial charge is 0.0894 e. The standard InChI is InChI=1S/C26H22S2/c1-19-11-15-21(16-12-19)27-25-9-5-3-7-23(25)24-8-4-6-10-26(24)28-22-17-13-20(2)14-18-22/h3-18H,1-2H3. The fourth-order valence-electron chi connectivity index (χ4n) is 3.02. The first-order valence-electron chi connectivity index (χ1n) is 9.36. The Morgan fingerprint density at radius 1 is 0.429 bits per heavy atom. The molecule has 0 unspecified atom stereocenters. The predicted molar refractivity (Wildman–Crippen MR) is 122 cm³/mol. The van der Waals surface area contributed by atoms with E-state index in [-0.39, 0.29) is 0 Å². The van der Waals surface area contributed by atoms with Crippen LogP contribution in [0.4, 0.5) is 0 Å². The molecule has 0 saturated carbocycles. The van der Waals surface area contributed by atoms with E-state index >= 15 is 0 Å². The molecule has 0 amide bonds. The van der Waals surface area contributed by atoms with Crippen molar-refractivity contribution in [3.8, 4) is 11.1 Å². The summed E-state index contributed by atoms with van der Waals surface area (Å²) in [6.07, 6.45) is 0. The SMILES string of the molecule is Cc1ccc(Sc2ccccc2-c2ccccc2Sc2ccc(C)cc2)cc1. The maximum atomic E-state index is 2.23. The van der Waals surface area contributed by atoms with Crippen LogP contribution in [0.15, 0.2) is 117 Å². The van der Waals surface area contributed by atoms with Crippen molar-refractivity contribution in [3.63, 3.8) is 0 Å². The van der Waals surface area contributed by atoms with E-state index in [1.807, 2.05) is 23.5 Å². The zero-order valence-corrected chi connectivity index (χ0v) is 17.7. The lowest BCUT2D eigenvalue weighted by Gasteiger charge is -2.14. The highest BCUT2D eigenvalue weighted by Gasteiger charge is 2.11. The van der Waals surface area contributed by atoms with Gasteiger partial charge in [-0.25, -0.2) is 0 Å². The van der Waals surface area contributed by atoms with Crippen LogP contribution in [-0.2, 0) is 0 Å². The Bertz CT molecular complexity index is 975. The second kappa shape index (κ2) is 8.72. The summed E-state index contributed by atoms with van der Waals surface area (Å²) < 4.78 is 0. The summed E-state index contributed by atoms with van der Waals surface area (Å²) in [5.74, 6) is 0. The third kappa shape index (κ3) is 4.52. The Kier molecular flexibility index (Phi) is 5.90. The zero-order chi connectivity index (χ0) is 19.3. The van der Waals surface area contributed by atoms with Crippen LogP contribution in [0.3, 0.4) is 0 Å². The van der Waals surface area contributed by atoms with Crippen molar-refractivity contribution in [3.05, 3.63) is 108 Å². The van der Waals surface area contributed by atoms with Gasteiger partial charge in [0, 0.05) is 19.6 Å². The Morgan fingerprint density at radius 2 is 0.786 bits per heavy atom. The molecule has 0 radical (unpaired) electrons. The third-order valence-corrected chi connectivity index (χ3v) is 6.73. The molecule has 4 rings (SSSR count). The van der Waals surface area contributed by atoms with E-state index in [1.54, 1.807) is 0 Å². The topological polar surface area (TPSA) is 0 Å². The molecule has 0 aliphatic rings. The molecule has 0 atom stereocenters. The highest BCUT2D eigenvalue weighted by Crippen LogP contribution is 2.41. The molecule has 0 bridgehead atoms. The van der Waals surface area contributed by atoms with Crippen LogP contribution >= 0.6 is 23.5 Å². The number of benzene rings is 4. The molecule has 4 aromatic rings. The van der Waals surface area contributed by atoms with Crippen molar-refractivity contribution in [2.24, 2.45) is 0 Å². The number of hydrogen-bond acceptors (Lipinski definition) is 2. The first-order chi connectivity index (χ1) is 13.7. The maximum Gasteiger partial charge on any atom is 0.0201 e. The number of rotatable bonds is 5. The highest BCUT2D eigenvalue weighted by molar-refractivity contribution is 8.00. The van der Waals surface area contributed by atoms with Crippen molar-refractivity contribution < 1.29 is 0 Å². The van der Waals surface area contributed by atoms with Gasteiger partial charge in [-0.3, -0.25) is 0 Å². The van der Waals surface area contributed by atoms with Gasteiger partial charge in [0.2, 0.25) is 0 Å². The van der Waals surface area contributed by atoms with Crippen molar-refractivity contribution >= 4 is 23.5 Å². The molecule has 138 valence electrons. The molecule has 0 N–H and O–H groups in total. The summed E-state index contributed by atoms with van der Waals surface area (Å²) in [4.78, 5) is 5.09. The Labute approximate surface area is 176 Å². The molecule has 0 aliphatic heterocycles. The molecule has 0 spiro atoms. The van der Waals surface area contributed by atoms with Gasteiger partial charge in [-0.05, 0) is 61.4 Å². The van der Waals surface area contributed by atoms with Crippen molar-refractivity contribution in [2.45, 2.75) is 33.4 Å². The zero-order valence-electron chi connectivity index (χ0n) is 16.1. The molecular formula is C26H22S2. The summed E-state index contributed by atoms with van der Waals surface area (Å²) >= 11 is 3.65. The van der Waals surface area contributed by atoms with Gasteiger partial charge in [0.25, 0.3) is 0 Å². The van der Waals surface area contributed by atoms with Crippen LogP contribution in [0.2, 0.25) is 0 Å². The van der Waals surface area contributed by atoms with Crippen LogP contribution in [-0.4, -0.2) is 0 Å². The second-order valence-electron chi connectivity index (χ2n) is 6.82. The van der Waals surface area contributed by atoms with Gasteiger partial charge < -0.3 is 0 Å². The van der Waals surface area contributed by atoms with Gasteiger partial charge in [-0.2, -0.15) is 0 Å². The molecule has 28 heavy (non-hydrogen) atoms. The van der Waals surface area contributed by atoms with Crippen LogP contribution < -0.4 is 0 Å². The fraction of sp³-hybridized carbons (Fsp3) is 0.0769. The van der Waals surface area contributed by atoms with E-state index in [0.29, 0.717) is 0 Å². The van der Waals surface area contributed by atoms with E-state index in [9.17, 15) is 0 Å². The molecule has 2 heteroatoms. The number of aryl methyl sites for hydroxylation is 2. The van der Waals surface area contributed by atoms with E-state index in [0.717, 1.165) is 0 Å². The minimum Gasteiger partial charge on any atom is -0.0894 e. The first-order valence-corrected chi connectivity index (χ1v) is 11.0. The van der Waals surface area contributed by atoms with Crippen LogP contribution in [0.25, 0.3) is 11.1 Å². The van der Waals surface area contributed by atoms with Gasteiger partial charge >= 0.3 is 0 Å². The smallest absolute Gasteiger partial charge is 0.0201 e. The molecule has 0 saturated heterocycles. The minimum absolute atomic E-state index is 1.27. The third-order valence-electron chi connectivity index (χ3n) is 4.56. The maximum absolute atomic E-state index is 2.23. The second-order valence-corrected chi connectivity index (χ2v) is 9.05. The van der Waals surface area contributed by atoms with E-state index < -0.39 is 0 Å². The average molecular weight is 399 g/mol. The van der Waals surface area contributed by atoms with Crippen LogP contribution in [0.5, 0.6) is 0 Å². The highest BCUT2D eigenvalue weighted by atomic mass is 32.2. The van der Waals surface area contributed by atoms with Crippen molar-refractivity contribution in [1.82, 2.24) is 0 Å². The first kappa shape index (κ1) is 18.9. The van der Waals surface area contributed by atoms with Gasteiger partial charge in [0.05, 0.1) is 0 Å². The summed E-state index contributed by atoms with van der Waals surface area (Å²) in [6.45, 7) is 4.25. The fourth-order valence-corrected chi connectivity index (χ4v) is 4.94. The summed E-state index contributed by atoms with van der Waals surface area (Å²) in [7, 11) is 0. The lowest BCUT2D eigenvalue weighted by Crippen LogP contribution is -1.86. The van der Waals surface area contributed by atoms with E-state index in [4.69, 9.17) is 0 Å². The van der Waals surface area contributed by atoms with Crippen LogP contribution in [0, 0.1) is 13.8 Å². The molecule has 0 aliphatic carbocycles. The Morgan fingerprint density at radius 3 is 1.18 bits per heavy atom. The lowest BCUT2D eigenvalue weighted by molar-refractivity contribution is 1.33. The normalized spacial score (nSPS) is 10.8. The summed E-state index contributed by atoms with van der Waals surface area (Å²) in [5, 5.41) is 0. The molecule has 0 fully saturated rings. The summed E-state index contributed by atoms with van der Waals surface area (Å²) in [6, 6.07) is 34.9. The number of hydrogen-bond donors (Lipinski definition) is 0. The van der Waals surface area contributed by atoms with Gasteiger partial charge in [0.15, 0.2) is 0 Å². The molecule has 4 aromatic carbocycles. The predicted octanol–water partition coefficient (Wildman–Crippen LogP) is 8.27. The monoisotopic (exact) mass is 398 g/mol. The van der Waals surface area contributed by atoms with Gasteiger partial charge in [-0.15, -0.1) is 0 Å². The molecule has 0 nitrogen and oxygen atoms in total. The quantitative estimate of drug-likeness (QED) is 0.332. The Balaban J connectivity index is 1.69. The van der Waals surface area contributed by atoms with E-state index in [1.165, 1.54) is 41.8 Å². The van der Waals surface area contributed by atoms with Crippen molar-refractivity contribution in [1.29, 1.82) is 0 Å². The Hall–Kier alpha value is -2.42.